The Labute approximate surface area is 211 Å². The molecule has 186 valence electrons. The number of nitrogens with one attached hydrogen (secondary N) is 2. The second kappa shape index (κ2) is 10.7. The number of hydrogen-bond donors (Lipinski definition) is 2. The van der Waals surface area contributed by atoms with E-state index in [9.17, 15) is 0 Å². The molecule has 0 radical (unpaired) electrons. The van der Waals surface area contributed by atoms with Crippen molar-refractivity contribution in [1.82, 2.24) is 30.4 Å². The Morgan fingerprint density at radius 1 is 1.06 bits per heavy atom. The van der Waals surface area contributed by atoms with Crippen molar-refractivity contribution >= 4 is 11.6 Å². The molecule has 0 unspecified atom stereocenters. The number of benzene rings is 1. The van der Waals surface area contributed by atoms with Gasteiger partial charge in [0.05, 0.1) is 16.4 Å². The van der Waals surface area contributed by atoms with E-state index in [0.29, 0.717) is 46.9 Å². The van der Waals surface area contributed by atoms with Crippen LogP contribution in [0, 0.1) is 19.7 Å². The molecule has 35 heavy (non-hydrogen) atoms. The minimum atomic E-state index is -0.169. The molecule has 1 saturated carbocycles. The summed E-state index contributed by atoms with van der Waals surface area (Å²) >= 11 is 6.34. The van der Waals surface area contributed by atoms with Crippen LogP contribution in [0.2, 0.25) is 5.02 Å². The summed E-state index contributed by atoms with van der Waals surface area (Å²) in [6, 6.07) is 6.40. The molecular weight excluding hydrogens is 463 g/mol. The van der Waals surface area contributed by atoms with Crippen molar-refractivity contribution < 1.29 is 4.39 Å². The molecule has 1 aliphatic carbocycles. The Morgan fingerprint density at radius 3 is 2.54 bits per heavy atom. The third-order valence-electron chi connectivity index (χ3n) is 7.56. The van der Waals surface area contributed by atoms with Gasteiger partial charge in [-0.15, -0.1) is 0 Å². The van der Waals surface area contributed by atoms with E-state index in [4.69, 9.17) is 11.6 Å². The monoisotopic (exact) mass is 496 g/mol. The zero-order valence-electron chi connectivity index (χ0n) is 20.6. The summed E-state index contributed by atoms with van der Waals surface area (Å²) in [4.78, 5) is 11.6. The van der Waals surface area contributed by atoms with Crippen molar-refractivity contribution in [3.8, 4) is 0 Å². The van der Waals surface area contributed by atoms with Crippen LogP contribution in [0.15, 0.2) is 24.4 Å². The van der Waals surface area contributed by atoms with Crippen molar-refractivity contribution in [3.63, 3.8) is 0 Å². The lowest BCUT2D eigenvalue weighted by Gasteiger charge is -2.39. The highest BCUT2D eigenvalue weighted by Gasteiger charge is 2.28. The third-order valence-corrected chi connectivity index (χ3v) is 7.88. The number of hydrogen-bond acceptors (Lipinski definition) is 5. The second-order valence-corrected chi connectivity index (χ2v) is 10.5. The fraction of sp³-hybridized carbons (Fsp3) is 0.519. The van der Waals surface area contributed by atoms with Gasteiger partial charge in [-0.25, -0.2) is 14.4 Å². The van der Waals surface area contributed by atoms with Crippen LogP contribution >= 0.6 is 11.6 Å². The molecule has 0 bridgehead atoms. The zero-order chi connectivity index (χ0) is 24.4. The van der Waals surface area contributed by atoms with E-state index in [0.717, 1.165) is 61.5 Å². The number of aromatic nitrogens is 4. The predicted octanol–water partition coefficient (Wildman–Crippen LogP) is 4.72. The van der Waals surface area contributed by atoms with Crippen molar-refractivity contribution in [2.75, 3.05) is 26.2 Å². The first-order valence-corrected chi connectivity index (χ1v) is 13.1. The SMILES string of the molecule is Cc1cc(Cc2nc(Cc3cc(C)c(C4CCC(N5CCNCC5)CC4)cc3F)ncc2Cl)n[nH]1. The normalized spacial score (nSPS) is 21.4. The highest BCUT2D eigenvalue weighted by atomic mass is 35.5. The minimum absolute atomic E-state index is 0.169. The highest BCUT2D eigenvalue weighted by molar-refractivity contribution is 6.31. The van der Waals surface area contributed by atoms with E-state index in [1.807, 2.05) is 19.1 Å². The lowest BCUT2D eigenvalue weighted by Crippen LogP contribution is -2.49. The maximum atomic E-state index is 15.3. The summed E-state index contributed by atoms with van der Waals surface area (Å²) in [5.41, 5.74) is 5.51. The summed E-state index contributed by atoms with van der Waals surface area (Å²) in [7, 11) is 0. The summed E-state index contributed by atoms with van der Waals surface area (Å²) in [6.45, 7) is 8.53. The maximum absolute atomic E-state index is 15.3. The van der Waals surface area contributed by atoms with Gasteiger partial charge in [0.1, 0.15) is 11.6 Å². The number of H-pyrrole nitrogens is 1. The van der Waals surface area contributed by atoms with E-state index >= 15 is 4.39 Å². The largest absolute Gasteiger partial charge is 0.314 e. The van der Waals surface area contributed by atoms with Gasteiger partial charge in [0, 0.05) is 57.0 Å². The quantitative estimate of drug-likeness (QED) is 0.516. The molecule has 3 heterocycles. The Balaban J connectivity index is 1.26. The van der Waals surface area contributed by atoms with Crippen LogP contribution in [-0.2, 0) is 12.8 Å². The number of nitrogens with zero attached hydrogens (tertiary/aromatic N) is 4. The molecule has 0 atom stereocenters. The van der Waals surface area contributed by atoms with Crippen LogP contribution in [0.5, 0.6) is 0 Å². The molecular formula is C27H34ClFN6. The molecule has 0 spiro atoms. The van der Waals surface area contributed by atoms with Crippen LogP contribution < -0.4 is 5.32 Å². The van der Waals surface area contributed by atoms with Crippen LogP contribution in [0.25, 0.3) is 0 Å². The van der Waals surface area contributed by atoms with Gasteiger partial charge < -0.3 is 5.32 Å². The van der Waals surface area contributed by atoms with Crippen molar-refractivity contribution in [1.29, 1.82) is 0 Å². The first kappa shape index (κ1) is 24.3. The molecule has 2 fully saturated rings. The first-order chi connectivity index (χ1) is 17.0. The molecule has 2 N–H and O–H groups in total. The van der Waals surface area contributed by atoms with Crippen molar-refractivity contribution in [2.24, 2.45) is 0 Å². The van der Waals surface area contributed by atoms with Gasteiger partial charge >= 0.3 is 0 Å². The fourth-order valence-corrected chi connectivity index (χ4v) is 5.85. The van der Waals surface area contributed by atoms with Crippen molar-refractivity contribution in [2.45, 2.75) is 64.3 Å². The number of piperazine rings is 1. The Bertz CT molecular complexity index is 1160. The van der Waals surface area contributed by atoms with Gasteiger partial charge in [0.15, 0.2) is 0 Å². The second-order valence-electron chi connectivity index (χ2n) is 10.1. The maximum Gasteiger partial charge on any atom is 0.133 e. The van der Waals surface area contributed by atoms with Gasteiger partial charge in [-0.2, -0.15) is 5.10 Å². The molecule has 3 aromatic rings. The van der Waals surface area contributed by atoms with Gasteiger partial charge in [-0.1, -0.05) is 17.7 Å². The van der Waals surface area contributed by atoms with Gasteiger partial charge in [0.2, 0.25) is 0 Å². The number of aromatic amines is 1. The lowest BCUT2D eigenvalue weighted by atomic mass is 9.79. The van der Waals surface area contributed by atoms with Crippen LogP contribution in [0.4, 0.5) is 4.39 Å². The standard InChI is InChI=1S/C27H34ClFN6/c1-17-11-20(13-27-31-16-24(28)26(32-27)14-21-12-18(2)33-34-21)25(29)15-23(17)19-3-5-22(6-4-19)35-9-7-30-8-10-35/h11-12,15-16,19,22,30H,3-10,13-14H2,1-2H3,(H,33,34). The zero-order valence-corrected chi connectivity index (χ0v) is 21.3. The van der Waals surface area contributed by atoms with E-state index in [-0.39, 0.29) is 5.82 Å². The molecule has 1 aliphatic heterocycles. The average Bonchev–Trinajstić information content (AvgIpc) is 3.28. The number of aryl methyl sites for hydroxylation is 2. The Hall–Kier alpha value is -2.35. The predicted molar refractivity (Wildman–Crippen MR) is 137 cm³/mol. The average molecular weight is 497 g/mol. The van der Waals surface area contributed by atoms with Crippen LogP contribution in [0.3, 0.4) is 0 Å². The van der Waals surface area contributed by atoms with Crippen LogP contribution in [0.1, 0.15) is 71.2 Å². The van der Waals surface area contributed by atoms with E-state index in [2.05, 4.69) is 37.3 Å². The van der Waals surface area contributed by atoms with Gasteiger partial charge in [-0.3, -0.25) is 10.00 Å². The molecule has 0 amide bonds. The summed E-state index contributed by atoms with van der Waals surface area (Å²) in [5, 5.41) is 11.1. The number of halogens is 2. The van der Waals surface area contributed by atoms with Gasteiger partial charge in [0.25, 0.3) is 0 Å². The molecule has 6 nitrogen and oxygen atoms in total. The topological polar surface area (TPSA) is 69.7 Å². The van der Waals surface area contributed by atoms with Gasteiger partial charge in [-0.05, 0) is 74.3 Å². The van der Waals surface area contributed by atoms with Crippen molar-refractivity contribution in [3.05, 3.63) is 74.8 Å². The minimum Gasteiger partial charge on any atom is -0.314 e. The molecule has 8 heteroatoms. The first-order valence-electron chi connectivity index (χ1n) is 12.7. The molecule has 1 aromatic carbocycles. The Morgan fingerprint density at radius 2 is 1.83 bits per heavy atom. The number of rotatable bonds is 6. The Kier molecular flexibility index (Phi) is 7.46. The fourth-order valence-electron chi connectivity index (χ4n) is 5.69. The molecule has 1 saturated heterocycles. The lowest BCUT2D eigenvalue weighted by molar-refractivity contribution is 0.133. The van der Waals surface area contributed by atoms with E-state index in [1.54, 1.807) is 12.3 Å². The molecule has 5 rings (SSSR count). The summed E-state index contributed by atoms with van der Waals surface area (Å²) in [6.07, 6.45) is 7.11. The smallest absolute Gasteiger partial charge is 0.133 e. The van der Waals surface area contributed by atoms with E-state index in [1.165, 1.54) is 12.8 Å². The van der Waals surface area contributed by atoms with Crippen LogP contribution in [-0.4, -0.2) is 57.3 Å². The highest BCUT2D eigenvalue weighted by Crippen LogP contribution is 2.37. The molecule has 2 aliphatic rings. The van der Waals surface area contributed by atoms with E-state index < -0.39 is 0 Å². The molecule has 2 aromatic heterocycles. The summed E-state index contributed by atoms with van der Waals surface area (Å²) in [5.74, 6) is 0.838. The third kappa shape index (κ3) is 5.74. The summed E-state index contributed by atoms with van der Waals surface area (Å²) < 4.78 is 15.3.